The van der Waals surface area contributed by atoms with Gasteiger partial charge in [0.15, 0.2) is 0 Å². The lowest BCUT2D eigenvalue weighted by atomic mass is 9.34. The number of hydrogen-bond acceptors (Lipinski definition) is 5. The number of hydrogen-bond donors (Lipinski definition) is 0. The van der Waals surface area contributed by atoms with Crippen LogP contribution in [0.3, 0.4) is 0 Å². The molecule has 42 heavy (non-hydrogen) atoms. The van der Waals surface area contributed by atoms with Crippen LogP contribution in [0.2, 0.25) is 0 Å². The van der Waals surface area contributed by atoms with Gasteiger partial charge in [0.05, 0.1) is 10.7 Å². The summed E-state index contributed by atoms with van der Waals surface area (Å²) in [5.74, 6) is 3.63. The predicted octanol–water partition coefficient (Wildman–Crippen LogP) is 4.57. The Balaban J connectivity index is 1.29. The van der Waals surface area contributed by atoms with Crippen molar-refractivity contribution in [1.29, 1.82) is 0 Å². The molecule has 10 rings (SSSR count). The minimum absolute atomic E-state index is 0.0308. The molecule has 5 aromatic carbocycles. The summed E-state index contributed by atoms with van der Waals surface area (Å²) < 4.78 is 12.9. The average Bonchev–Trinajstić information content (AvgIpc) is 3.04. The van der Waals surface area contributed by atoms with E-state index in [0.717, 1.165) is 56.1 Å². The van der Waals surface area contributed by atoms with E-state index in [1.54, 1.807) is 11.8 Å². The van der Waals surface area contributed by atoms with Crippen molar-refractivity contribution >= 4 is 75.2 Å². The zero-order chi connectivity index (χ0) is 27.4. The number of para-hydroxylation sites is 3. The molecule has 6 aromatic rings. The van der Waals surface area contributed by atoms with Gasteiger partial charge >= 0.3 is 0 Å². The lowest BCUT2D eigenvalue weighted by molar-refractivity contribution is 0.486. The van der Waals surface area contributed by atoms with Crippen molar-refractivity contribution in [2.75, 3.05) is 4.90 Å². The van der Waals surface area contributed by atoms with Gasteiger partial charge in [-0.05, 0) is 81.9 Å². The molecule has 7 heteroatoms. The number of nitrogens with zero attached hydrogens (tertiary/aromatic N) is 2. The van der Waals surface area contributed by atoms with Gasteiger partial charge in [-0.1, -0.05) is 78.5 Å². The second kappa shape index (κ2) is 8.34. The number of fused-ring (bicyclic) bond motifs is 8. The first-order valence-corrected chi connectivity index (χ1v) is 15.0. The zero-order valence-corrected chi connectivity index (χ0v) is 23.1. The summed E-state index contributed by atoms with van der Waals surface area (Å²) >= 11 is 1.75. The molecular weight excluding hydrogens is 534 g/mol. The van der Waals surface area contributed by atoms with Crippen LogP contribution in [0.25, 0.3) is 0 Å². The van der Waals surface area contributed by atoms with Crippen molar-refractivity contribution in [3.63, 3.8) is 0 Å². The van der Waals surface area contributed by atoms with E-state index in [1.807, 2.05) is 12.1 Å². The number of rotatable bonds is 1. The average molecular weight is 554 g/mol. The summed E-state index contributed by atoms with van der Waals surface area (Å²) in [6, 6.07) is 42.6. The topological polar surface area (TPSA) is 34.6 Å². The maximum absolute atomic E-state index is 6.50. The Morgan fingerprint density at radius 2 is 1.19 bits per heavy atom. The number of ether oxygens (including phenoxy) is 2. The Labute approximate surface area is 248 Å². The van der Waals surface area contributed by atoms with E-state index >= 15 is 0 Å². The highest BCUT2D eigenvalue weighted by atomic mass is 32.2. The van der Waals surface area contributed by atoms with Crippen LogP contribution in [-0.4, -0.2) is 18.4 Å². The summed E-state index contributed by atoms with van der Waals surface area (Å²) in [5, 5.41) is 1.05. The van der Waals surface area contributed by atoms with Gasteiger partial charge in [0, 0.05) is 21.9 Å². The molecule has 0 amide bonds. The Morgan fingerprint density at radius 3 is 1.98 bits per heavy atom. The number of aromatic nitrogens is 1. The molecule has 194 valence electrons. The highest BCUT2D eigenvalue weighted by molar-refractivity contribution is 8.00. The second-order valence-corrected chi connectivity index (χ2v) is 12.1. The molecule has 0 aliphatic carbocycles. The maximum atomic E-state index is 6.50. The van der Waals surface area contributed by atoms with Crippen LogP contribution >= 0.6 is 11.8 Å². The van der Waals surface area contributed by atoms with Crippen molar-refractivity contribution in [1.82, 2.24) is 4.98 Å². The van der Waals surface area contributed by atoms with Crippen LogP contribution in [-0.2, 0) is 0 Å². The van der Waals surface area contributed by atoms with Crippen molar-refractivity contribution < 1.29 is 9.47 Å². The summed E-state index contributed by atoms with van der Waals surface area (Å²) in [5.41, 5.74) is 10.3. The van der Waals surface area contributed by atoms with Gasteiger partial charge in [0.25, 0.3) is 13.4 Å². The van der Waals surface area contributed by atoms with Gasteiger partial charge < -0.3 is 14.4 Å². The van der Waals surface area contributed by atoms with E-state index in [1.165, 1.54) is 26.7 Å². The standard InChI is InChI=1S/C35H20B2N2O2S/c1-2-10-21(11-3-1)39-25-14-8-17-29-32(25)37(23-13-5-7-16-28(23)40-29)34-26(39)20-24-35(38-34)42-31-19-9-18-30-33(31)36(24)22-12-4-6-15-27(22)41-30/h1-20H. The van der Waals surface area contributed by atoms with Gasteiger partial charge in [-0.3, -0.25) is 4.98 Å². The molecule has 0 spiro atoms. The summed E-state index contributed by atoms with van der Waals surface area (Å²) in [7, 11) is 0. The minimum Gasteiger partial charge on any atom is -0.458 e. The molecule has 0 atom stereocenters. The first kappa shape index (κ1) is 22.8. The van der Waals surface area contributed by atoms with E-state index in [9.17, 15) is 0 Å². The number of pyridine rings is 1. The van der Waals surface area contributed by atoms with E-state index in [-0.39, 0.29) is 13.4 Å². The van der Waals surface area contributed by atoms with E-state index < -0.39 is 0 Å². The predicted molar refractivity (Wildman–Crippen MR) is 172 cm³/mol. The third-order valence-electron chi connectivity index (χ3n) is 8.86. The minimum atomic E-state index is -0.0308. The van der Waals surface area contributed by atoms with Gasteiger partial charge in [0.1, 0.15) is 23.0 Å². The van der Waals surface area contributed by atoms with Crippen LogP contribution in [0.5, 0.6) is 23.0 Å². The van der Waals surface area contributed by atoms with Crippen molar-refractivity contribution in [2.45, 2.75) is 9.92 Å². The Morgan fingerprint density at radius 1 is 0.548 bits per heavy atom. The van der Waals surface area contributed by atoms with Gasteiger partial charge in [-0.25, -0.2) is 0 Å². The Bertz CT molecular complexity index is 2120. The highest BCUT2D eigenvalue weighted by Crippen LogP contribution is 2.42. The molecule has 5 heterocycles. The van der Waals surface area contributed by atoms with Crippen molar-refractivity contribution in [3.8, 4) is 23.0 Å². The summed E-state index contributed by atoms with van der Waals surface area (Å²) in [6.07, 6.45) is 0. The van der Waals surface area contributed by atoms with Crippen LogP contribution < -0.4 is 47.3 Å². The third kappa shape index (κ3) is 2.98. The lowest BCUT2D eigenvalue weighted by Crippen LogP contribution is -2.63. The molecule has 4 aliphatic rings. The molecule has 0 saturated heterocycles. The molecular formula is C35H20B2N2O2S. The SMILES string of the molecule is c1ccc(N2c3cc4c(nc3B3c5ccccc5Oc5cccc2c53)Sc2cccc3c2B4c2ccccc2O3)cc1. The Hall–Kier alpha value is -4.87. The van der Waals surface area contributed by atoms with Gasteiger partial charge in [-0.15, -0.1) is 0 Å². The van der Waals surface area contributed by atoms with E-state index in [2.05, 4.69) is 114 Å². The fourth-order valence-electron chi connectivity index (χ4n) is 7.16. The largest absolute Gasteiger partial charge is 0.458 e. The first-order chi connectivity index (χ1) is 20.8. The molecule has 4 aliphatic heterocycles. The van der Waals surface area contributed by atoms with Gasteiger partial charge in [-0.2, -0.15) is 0 Å². The monoisotopic (exact) mass is 554 g/mol. The smallest absolute Gasteiger partial charge is 0.279 e. The molecule has 0 radical (unpaired) electrons. The quantitative estimate of drug-likeness (QED) is 0.278. The van der Waals surface area contributed by atoms with Crippen LogP contribution in [0.15, 0.2) is 131 Å². The molecule has 1 aromatic heterocycles. The highest BCUT2D eigenvalue weighted by Gasteiger charge is 2.46. The van der Waals surface area contributed by atoms with Crippen molar-refractivity contribution in [2.24, 2.45) is 0 Å². The number of anilines is 3. The van der Waals surface area contributed by atoms with E-state index in [4.69, 9.17) is 14.5 Å². The van der Waals surface area contributed by atoms with Crippen LogP contribution in [0.4, 0.5) is 17.1 Å². The van der Waals surface area contributed by atoms with Gasteiger partial charge in [0.2, 0.25) is 0 Å². The molecule has 0 saturated carbocycles. The molecule has 4 nitrogen and oxygen atoms in total. The molecule has 0 fully saturated rings. The number of benzene rings is 5. The zero-order valence-electron chi connectivity index (χ0n) is 22.3. The summed E-state index contributed by atoms with van der Waals surface area (Å²) in [4.78, 5) is 9.18. The van der Waals surface area contributed by atoms with E-state index in [0.29, 0.717) is 0 Å². The second-order valence-electron chi connectivity index (χ2n) is 11.1. The third-order valence-corrected chi connectivity index (χ3v) is 9.95. The van der Waals surface area contributed by atoms with Crippen molar-refractivity contribution in [3.05, 3.63) is 121 Å². The molecule has 0 unspecified atom stereocenters. The fraction of sp³-hybridized carbons (Fsp3) is 0. The lowest BCUT2D eigenvalue weighted by Gasteiger charge is -2.40. The van der Waals surface area contributed by atoms with Crippen LogP contribution in [0.1, 0.15) is 0 Å². The Kier molecular flexibility index (Phi) is 4.52. The summed E-state index contributed by atoms with van der Waals surface area (Å²) in [6.45, 7) is 0.0132. The first-order valence-electron chi connectivity index (χ1n) is 14.2. The molecule has 0 bridgehead atoms. The fourth-order valence-corrected chi connectivity index (χ4v) is 8.28. The van der Waals surface area contributed by atoms with Crippen LogP contribution in [0, 0.1) is 0 Å². The molecule has 0 N–H and O–H groups in total. The normalized spacial score (nSPS) is 14.3. The maximum Gasteiger partial charge on any atom is 0.279 e.